The van der Waals surface area contributed by atoms with Gasteiger partial charge in [0, 0.05) is 18.2 Å². The second-order valence-electron chi connectivity index (χ2n) is 7.79. The summed E-state index contributed by atoms with van der Waals surface area (Å²) in [4.78, 5) is 15.4. The first-order valence-electron chi connectivity index (χ1n) is 10.3. The predicted octanol–water partition coefficient (Wildman–Crippen LogP) is 4.80. The number of benzene rings is 3. The fraction of sp³-hybridized carbons (Fsp3) is 0.320. The Morgan fingerprint density at radius 1 is 1.00 bits per heavy atom. The van der Waals surface area contributed by atoms with Crippen molar-refractivity contribution in [3.63, 3.8) is 0 Å². The molecule has 28 heavy (non-hydrogen) atoms. The smallest absolute Gasteiger partial charge is 0.251 e. The third kappa shape index (κ3) is 4.10. The van der Waals surface area contributed by atoms with Crippen LogP contribution in [0.1, 0.15) is 40.7 Å². The molecule has 0 spiro atoms. The van der Waals surface area contributed by atoms with Crippen molar-refractivity contribution in [3.8, 4) is 0 Å². The van der Waals surface area contributed by atoms with Crippen LogP contribution in [0.5, 0.6) is 0 Å². The molecule has 1 fully saturated rings. The number of nitrogens with one attached hydrogen (secondary N) is 1. The Hall–Kier alpha value is -2.65. The summed E-state index contributed by atoms with van der Waals surface area (Å²) in [7, 11) is 2.21. The minimum atomic E-state index is 0.0170. The summed E-state index contributed by atoms with van der Waals surface area (Å²) in [6.45, 7) is 1.73. The van der Waals surface area contributed by atoms with Crippen LogP contribution >= 0.6 is 0 Å². The van der Waals surface area contributed by atoms with Crippen LogP contribution in [-0.2, 0) is 13.0 Å². The molecule has 1 aliphatic heterocycles. The Kier molecular flexibility index (Phi) is 5.73. The largest absolute Gasteiger partial charge is 0.348 e. The molecule has 3 aromatic rings. The van der Waals surface area contributed by atoms with Crippen molar-refractivity contribution >= 4 is 16.7 Å². The molecule has 0 aliphatic carbocycles. The monoisotopic (exact) mass is 372 g/mol. The van der Waals surface area contributed by atoms with Crippen molar-refractivity contribution in [2.45, 2.75) is 38.3 Å². The lowest BCUT2D eigenvalue weighted by atomic mass is 9.98. The van der Waals surface area contributed by atoms with E-state index in [0.29, 0.717) is 12.6 Å². The van der Waals surface area contributed by atoms with Gasteiger partial charge in [0.2, 0.25) is 0 Å². The van der Waals surface area contributed by atoms with Crippen LogP contribution in [0.3, 0.4) is 0 Å². The quantitative estimate of drug-likeness (QED) is 0.674. The summed E-state index contributed by atoms with van der Waals surface area (Å²) in [5.74, 6) is 0.0170. The molecule has 1 atom stereocenters. The molecular weight excluding hydrogens is 344 g/mol. The van der Waals surface area contributed by atoms with Crippen molar-refractivity contribution in [1.82, 2.24) is 10.2 Å². The highest BCUT2D eigenvalue weighted by Gasteiger charge is 2.21. The number of fused-ring (bicyclic) bond motifs is 1. The normalized spacial score (nSPS) is 17.1. The van der Waals surface area contributed by atoms with Gasteiger partial charge in [0.1, 0.15) is 0 Å². The average molecular weight is 373 g/mol. The molecule has 144 valence electrons. The highest BCUT2D eigenvalue weighted by molar-refractivity contribution is 5.96. The molecule has 4 rings (SSSR count). The lowest BCUT2D eigenvalue weighted by Gasteiger charge is -2.20. The van der Waals surface area contributed by atoms with Gasteiger partial charge in [0.25, 0.3) is 5.91 Å². The molecule has 3 nitrogen and oxygen atoms in total. The summed E-state index contributed by atoms with van der Waals surface area (Å²) in [5, 5.41) is 5.54. The Labute approximate surface area is 167 Å². The summed E-state index contributed by atoms with van der Waals surface area (Å²) >= 11 is 0. The van der Waals surface area contributed by atoms with Gasteiger partial charge in [-0.25, -0.2) is 0 Å². The van der Waals surface area contributed by atoms with Gasteiger partial charge in [-0.2, -0.15) is 0 Å². The SMILES string of the molecule is CN1CCCC1CCc1ccccc1C(=O)NCc1cccc2ccccc12. The van der Waals surface area contributed by atoms with E-state index in [1.807, 2.05) is 30.3 Å². The van der Waals surface area contributed by atoms with Gasteiger partial charge in [-0.3, -0.25) is 4.79 Å². The van der Waals surface area contributed by atoms with Gasteiger partial charge in [0.05, 0.1) is 0 Å². The number of rotatable bonds is 6. The molecule has 3 aromatic carbocycles. The first-order chi connectivity index (χ1) is 13.7. The van der Waals surface area contributed by atoms with E-state index in [-0.39, 0.29) is 5.91 Å². The summed E-state index contributed by atoms with van der Waals surface area (Å²) in [6.07, 6.45) is 4.62. The molecule has 1 aliphatic rings. The minimum absolute atomic E-state index is 0.0170. The molecule has 0 radical (unpaired) electrons. The fourth-order valence-electron chi connectivity index (χ4n) is 4.34. The van der Waals surface area contributed by atoms with E-state index in [1.54, 1.807) is 0 Å². The summed E-state index contributed by atoms with van der Waals surface area (Å²) < 4.78 is 0. The van der Waals surface area contributed by atoms with Crippen LogP contribution in [0.15, 0.2) is 66.7 Å². The van der Waals surface area contributed by atoms with Gasteiger partial charge >= 0.3 is 0 Å². The van der Waals surface area contributed by atoms with E-state index in [9.17, 15) is 4.79 Å². The number of nitrogens with zero attached hydrogens (tertiary/aromatic N) is 1. The van der Waals surface area contributed by atoms with Gasteiger partial charge in [-0.05, 0) is 67.2 Å². The zero-order valence-corrected chi connectivity index (χ0v) is 16.5. The zero-order chi connectivity index (χ0) is 19.3. The second kappa shape index (κ2) is 8.57. The molecule has 0 saturated carbocycles. The van der Waals surface area contributed by atoms with E-state index >= 15 is 0 Å². The third-order valence-electron chi connectivity index (χ3n) is 6.00. The van der Waals surface area contributed by atoms with Crippen molar-refractivity contribution in [3.05, 3.63) is 83.4 Å². The van der Waals surface area contributed by atoms with Crippen LogP contribution in [-0.4, -0.2) is 30.4 Å². The minimum Gasteiger partial charge on any atom is -0.348 e. The number of likely N-dealkylation sites (tertiary alicyclic amines) is 1. The van der Waals surface area contributed by atoms with Gasteiger partial charge < -0.3 is 10.2 Å². The molecular formula is C25H28N2O. The van der Waals surface area contributed by atoms with E-state index in [4.69, 9.17) is 0 Å². The van der Waals surface area contributed by atoms with Gasteiger partial charge in [-0.1, -0.05) is 60.7 Å². The van der Waals surface area contributed by atoms with Crippen molar-refractivity contribution in [2.75, 3.05) is 13.6 Å². The Morgan fingerprint density at radius 2 is 1.75 bits per heavy atom. The maximum absolute atomic E-state index is 12.9. The van der Waals surface area contributed by atoms with Crippen LogP contribution in [0, 0.1) is 0 Å². The van der Waals surface area contributed by atoms with Crippen molar-refractivity contribution in [2.24, 2.45) is 0 Å². The highest BCUT2D eigenvalue weighted by atomic mass is 16.1. The number of aryl methyl sites for hydroxylation is 1. The van der Waals surface area contributed by atoms with E-state index < -0.39 is 0 Å². The average Bonchev–Trinajstić information content (AvgIpc) is 3.15. The number of carbonyl (C=O) groups is 1. The Balaban J connectivity index is 1.44. The molecule has 0 bridgehead atoms. The first kappa shape index (κ1) is 18.7. The summed E-state index contributed by atoms with van der Waals surface area (Å²) in [6, 6.07) is 23.2. The maximum atomic E-state index is 12.9. The van der Waals surface area contributed by atoms with Gasteiger partial charge in [0.15, 0.2) is 0 Å². The van der Waals surface area contributed by atoms with Crippen LogP contribution in [0.4, 0.5) is 0 Å². The molecule has 1 amide bonds. The maximum Gasteiger partial charge on any atom is 0.251 e. The lowest BCUT2D eigenvalue weighted by molar-refractivity contribution is 0.0950. The highest BCUT2D eigenvalue weighted by Crippen LogP contribution is 2.22. The topological polar surface area (TPSA) is 32.3 Å². The van der Waals surface area contributed by atoms with Crippen molar-refractivity contribution in [1.29, 1.82) is 0 Å². The molecule has 3 heteroatoms. The fourth-order valence-corrected chi connectivity index (χ4v) is 4.34. The van der Waals surface area contributed by atoms with Crippen LogP contribution in [0.2, 0.25) is 0 Å². The van der Waals surface area contributed by atoms with Crippen LogP contribution < -0.4 is 5.32 Å². The number of amides is 1. The van der Waals surface area contributed by atoms with E-state index in [1.165, 1.54) is 30.2 Å². The number of carbonyl (C=O) groups excluding carboxylic acids is 1. The Bertz CT molecular complexity index is 960. The van der Waals surface area contributed by atoms with Crippen molar-refractivity contribution < 1.29 is 4.79 Å². The number of hydrogen-bond acceptors (Lipinski definition) is 2. The van der Waals surface area contributed by atoms with E-state index in [0.717, 1.165) is 29.5 Å². The summed E-state index contributed by atoms with van der Waals surface area (Å²) in [5.41, 5.74) is 3.11. The first-order valence-corrected chi connectivity index (χ1v) is 10.3. The second-order valence-corrected chi connectivity index (χ2v) is 7.79. The molecule has 1 N–H and O–H groups in total. The standard InChI is InChI=1S/C25H28N2O/c1-27-17-7-12-22(27)16-15-20-9-3-5-14-24(20)25(28)26-18-21-11-6-10-19-8-2-4-13-23(19)21/h2-6,8-11,13-14,22H,7,12,15-18H2,1H3,(H,26,28). The lowest BCUT2D eigenvalue weighted by Crippen LogP contribution is -2.26. The van der Waals surface area contributed by atoms with Crippen LogP contribution in [0.25, 0.3) is 10.8 Å². The Morgan fingerprint density at radius 3 is 2.61 bits per heavy atom. The zero-order valence-electron chi connectivity index (χ0n) is 16.5. The third-order valence-corrected chi connectivity index (χ3v) is 6.00. The number of hydrogen-bond donors (Lipinski definition) is 1. The molecule has 1 saturated heterocycles. The molecule has 0 aromatic heterocycles. The van der Waals surface area contributed by atoms with E-state index in [2.05, 4.69) is 53.7 Å². The predicted molar refractivity (Wildman–Crippen MR) is 116 cm³/mol. The molecule has 1 unspecified atom stereocenters. The van der Waals surface area contributed by atoms with Gasteiger partial charge in [-0.15, -0.1) is 0 Å². The molecule has 1 heterocycles.